The highest BCUT2D eigenvalue weighted by Gasteiger charge is 2.24. The number of sulfone groups is 1. The van der Waals surface area contributed by atoms with Crippen molar-refractivity contribution in [2.75, 3.05) is 13.1 Å². The lowest BCUT2D eigenvalue weighted by Crippen LogP contribution is -2.35. The van der Waals surface area contributed by atoms with E-state index < -0.39 is 15.8 Å². The SMILES string of the molecule is Cc1ccc(S(=O)(=O)c2ccc(CN3CCC(C(=O)O)CC3)cc2)cc1. The number of rotatable bonds is 5. The van der Waals surface area contributed by atoms with Gasteiger partial charge in [0.05, 0.1) is 15.7 Å². The summed E-state index contributed by atoms with van der Waals surface area (Å²) in [5.41, 5.74) is 2.05. The first kappa shape index (κ1) is 18.6. The lowest BCUT2D eigenvalue weighted by Gasteiger charge is -2.30. The van der Waals surface area contributed by atoms with E-state index in [0.717, 1.165) is 24.2 Å². The van der Waals surface area contributed by atoms with E-state index in [1.807, 2.05) is 19.1 Å². The molecule has 2 aromatic rings. The zero-order valence-corrected chi connectivity index (χ0v) is 15.6. The minimum Gasteiger partial charge on any atom is -0.481 e. The molecule has 1 saturated heterocycles. The average Bonchev–Trinajstić information content (AvgIpc) is 2.63. The number of aliphatic carboxylic acids is 1. The van der Waals surface area contributed by atoms with Gasteiger partial charge in [0, 0.05) is 6.54 Å². The van der Waals surface area contributed by atoms with Crippen LogP contribution in [0.4, 0.5) is 0 Å². The van der Waals surface area contributed by atoms with Gasteiger partial charge >= 0.3 is 5.97 Å². The molecule has 1 aliphatic heterocycles. The van der Waals surface area contributed by atoms with E-state index >= 15 is 0 Å². The van der Waals surface area contributed by atoms with Gasteiger partial charge in [-0.05, 0) is 62.7 Å². The first-order chi connectivity index (χ1) is 12.4. The van der Waals surface area contributed by atoms with Crippen LogP contribution in [0, 0.1) is 12.8 Å². The van der Waals surface area contributed by atoms with Crippen molar-refractivity contribution >= 4 is 15.8 Å². The quantitative estimate of drug-likeness (QED) is 0.872. The Kier molecular flexibility index (Phi) is 5.44. The summed E-state index contributed by atoms with van der Waals surface area (Å²) in [6.45, 7) is 4.13. The number of benzene rings is 2. The summed E-state index contributed by atoms with van der Waals surface area (Å²) in [6, 6.07) is 13.8. The van der Waals surface area contributed by atoms with Gasteiger partial charge in [-0.25, -0.2) is 8.42 Å². The summed E-state index contributed by atoms with van der Waals surface area (Å²) in [6.07, 6.45) is 1.32. The van der Waals surface area contributed by atoms with Crippen molar-refractivity contribution in [1.82, 2.24) is 4.90 Å². The van der Waals surface area contributed by atoms with Gasteiger partial charge in [0.25, 0.3) is 0 Å². The molecule has 26 heavy (non-hydrogen) atoms. The van der Waals surface area contributed by atoms with Gasteiger partial charge in [0.2, 0.25) is 9.84 Å². The van der Waals surface area contributed by atoms with Gasteiger partial charge in [0.15, 0.2) is 0 Å². The number of hydrogen-bond donors (Lipinski definition) is 1. The first-order valence-corrected chi connectivity index (χ1v) is 10.2. The second kappa shape index (κ2) is 7.60. The van der Waals surface area contributed by atoms with E-state index in [4.69, 9.17) is 5.11 Å². The second-order valence-corrected chi connectivity index (χ2v) is 8.80. The normalized spacial score (nSPS) is 16.5. The molecule has 138 valence electrons. The lowest BCUT2D eigenvalue weighted by atomic mass is 9.97. The number of nitrogens with zero attached hydrogens (tertiary/aromatic N) is 1. The van der Waals surface area contributed by atoms with Crippen LogP contribution in [0.15, 0.2) is 58.3 Å². The Hall–Kier alpha value is -2.18. The van der Waals surface area contributed by atoms with Crippen LogP contribution in [0.3, 0.4) is 0 Å². The molecule has 5 nitrogen and oxygen atoms in total. The Morgan fingerprint density at radius 3 is 2.00 bits per heavy atom. The maximum atomic E-state index is 12.7. The maximum absolute atomic E-state index is 12.7. The van der Waals surface area contributed by atoms with Crippen molar-refractivity contribution in [1.29, 1.82) is 0 Å². The molecule has 2 aromatic carbocycles. The molecule has 6 heteroatoms. The number of carboxylic acids is 1. The smallest absolute Gasteiger partial charge is 0.306 e. The van der Waals surface area contributed by atoms with E-state index in [2.05, 4.69) is 4.90 Å². The van der Waals surface area contributed by atoms with Crippen LogP contribution in [-0.2, 0) is 21.2 Å². The van der Waals surface area contributed by atoms with Crippen molar-refractivity contribution in [2.45, 2.75) is 36.1 Å². The van der Waals surface area contributed by atoms with Gasteiger partial charge in [-0.2, -0.15) is 0 Å². The zero-order valence-electron chi connectivity index (χ0n) is 14.8. The molecule has 1 aliphatic rings. The topological polar surface area (TPSA) is 74.7 Å². The minimum absolute atomic E-state index is 0.242. The third-order valence-electron chi connectivity index (χ3n) is 4.91. The molecule has 0 saturated carbocycles. The van der Waals surface area contributed by atoms with E-state index in [9.17, 15) is 13.2 Å². The number of hydrogen-bond acceptors (Lipinski definition) is 4. The molecule has 0 aliphatic carbocycles. The summed E-state index contributed by atoms with van der Waals surface area (Å²) < 4.78 is 25.4. The number of likely N-dealkylation sites (tertiary alicyclic amines) is 1. The highest BCUT2D eigenvalue weighted by Crippen LogP contribution is 2.23. The summed E-state index contributed by atoms with van der Waals surface area (Å²) in [5, 5.41) is 9.05. The summed E-state index contributed by atoms with van der Waals surface area (Å²) in [5.74, 6) is -0.955. The van der Waals surface area contributed by atoms with Gasteiger partial charge in [0.1, 0.15) is 0 Å². The van der Waals surface area contributed by atoms with Crippen molar-refractivity contribution in [3.05, 3.63) is 59.7 Å². The van der Waals surface area contributed by atoms with Crippen LogP contribution in [-0.4, -0.2) is 37.5 Å². The molecule has 0 atom stereocenters. The minimum atomic E-state index is -3.50. The first-order valence-electron chi connectivity index (χ1n) is 8.72. The fraction of sp³-hybridized carbons (Fsp3) is 0.350. The predicted molar refractivity (Wildman–Crippen MR) is 98.7 cm³/mol. The average molecular weight is 373 g/mol. The molecule has 0 unspecified atom stereocenters. The van der Waals surface area contributed by atoms with Gasteiger partial charge in [-0.15, -0.1) is 0 Å². The fourth-order valence-corrected chi connectivity index (χ4v) is 4.48. The van der Waals surface area contributed by atoms with Gasteiger partial charge < -0.3 is 5.11 Å². The summed E-state index contributed by atoms with van der Waals surface area (Å²) in [7, 11) is -3.50. The number of piperidine rings is 1. The summed E-state index contributed by atoms with van der Waals surface area (Å²) >= 11 is 0. The van der Waals surface area contributed by atoms with Crippen LogP contribution in [0.5, 0.6) is 0 Å². The Balaban J connectivity index is 1.67. The van der Waals surface area contributed by atoms with E-state index in [0.29, 0.717) is 24.3 Å². The third kappa shape index (κ3) is 4.14. The molecule has 0 aromatic heterocycles. The van der Waals surface area contributed by atoms with Crippen LogP contribution in [0.2, 0.25) is 0 Å². The molecule has 0 spiro atoms. The lowest BCUT2D eigenvalue weighted by molar-refractivity contribution is -0.143. The maximum Gasteiger partial charge on any atom is 0.306 e. The molecule has 0 amide bonds. The van der Waals surface area contributed by atoms with E-state index in [1.165, 1.54) is 0 Å². The van der Waals surface area contributed by atoms with Crippen LogP contribution in [0.1, 0.15) is 24.0 Å². The van der Waals surface area contributed by atoms with Crippen molar-refractivity contribution < 1.29 is 18.3 Å². The standard InChI is InChI=1S/C20H23NO4S/c1-15-2-6-18(7-3-15)26(24,25)19-8-4-16(5-9-19)14-21-12-10-17(11-13-21)20(22)23/h2-9,17H,10-14H2,1H3,(H,22,23). The highest BCUT2D eigenvalue weighted by molar-refractivity contribution is 7.91. The van der Waals surface area contributed by atoms with Crippen molar-refractivity contribution in [3.8, 4) is 0 Å². The van der Waals surface area contributed by atoms with E-state index in [1.54, 1.807) is 36.4 Å². The number of aryl methyl sites for hydroxylation is 1. The number of carboxylic acid groups (broad SMARTS) is 1. The van der Waals surface area contributed by atoms with Crippen LogP contribution >= 0.6 is 0 Å². The monoisotopic (exact) mass is 373 g/mol. The summed E-state index contributed by atoms with van der Waals surface area (Å²) in [4.78, 5) is 13.8. The van der Waals surface area contributed by atoms with Crippen molar-refractivity contribution in [2.24, 2.45) is 5.92 Å². The van der Waals surface area contributed by atoms with E-state index in [-0.39, 0.29) is 10.8 Å². The molecule has 1 heterocycles. The highest BCUT2D eigenvalue weighted by atomic mass is 32.2. The Morgan fingerprint density at radius 2 is 1.50 bits per heavy atom. The van der Waals surface area contributed by atoms with Gasteiger partial charge in [-0.3, -0.25) is 9.69 Å². The molecular weight excluding hydrogens is 350 g/mol. The van der Waals surface area contributed by atoms with Gasteiger partial charge in [-0.1, -0.05) is 29.8 Å². The van der Waals surface area contributed by atoms with Crippen molar-refractivity contribution in [3.63, 3.8) is 0 Å². The molecule has 0 bridgehead atoms. The molecular formula is C20H23NO4S. The molecule has 1 N–H and O–H groups in total. The Morgan fingerprint density at radius 1 is 1.00 bits per heavy atom. The Bertz CT molecular complexity index is 865. The zero-order chi connectivity index (χ0) is 18.7. The molecule has 0 radical (unpaired) electrons. The second-order valence-electron chi connectivity index (χ2n) is 6.85. The van der Waals surface area contributed by atoms with Crippen LogP contribution in [0.25, 0.3) is 0 Å². The molecule has 1 fully saturated rings. The fourth-order valence-electron chi connectivity index (χ4n) is 3.22. The third-order valence-corrected chi connectivity index (χ3v) is 6.69. The Labute approximate surface area is 154 Å². The molecule has 3 rings (SSSR count). The number of carbonyl (C=O) groups is 1. The predicted octanol–water partition coefficient (Wildman–Crippen LogP) is 3.12. The van der Waals surface area contributed by atoms with Crippen LogP contribution < -0.4 is 0 Å². The largest absolute Gasteiger partial charge is 0.481 e.